The van der Waals surface area contributed by atoms with Crippen LogP contribution in [0.3, 0.4) is 0 Å². The Morgan fingerprint density at radius 2 is 1.90 bits per heavy atom. The SMILES string of the molecule is COc1ccc(CNn2nnnc2N)c(OC)c1OC. The van der Waals surface area contributed by atoms with E-state index in [4.69, 9.17) is 19.9 Å². The van der Waals surface area contributed by atoms with Crippen LogP contribution in [0.5, 0.6) is 17.2 Å². The minimum Gasteiger partial charge on any atom is -0.493 e. The lowest BCUT2D eigenvalue weighted by molar-refractivity contribution is 0.322. The Balaban J connectivity index is 2.25. The van der Waals surface area contributed by atoms with Crippen LogP contribution in [0.2, 0.25) is 0 Å². The number of hydrogen-bond donors (Lipinski definition) is 2. The number of hydrogen-bond acceptors (Lipinski definition) is 8. The Hall–Kier alpha value is -2.71. The topological polar surface area (TPSA) is 109 Å². The molecule has 0 aliphatic rings. The summed E-state index contributed by atoms with van der Waals surface area (Å²) in [5.41, 5.74) is 9.36. The monoisotopic (exact) mass is 280 g/mol. The largest absolute Gasteiger partial charge is 0.493 e. The molecule has 0 saturated carbocycles. The molecule has 0 atom stereocenters. The van der Waals surface area contributed by atoms with E-state index in [0.717, 1.165) is 5.56 Å². The zero-order valence-corrected chi connectivity index (χ0v) is 11.5. The first kappa shape index (κ1) is 13.7. The summed E-state index contributed by atoms with van der Waals surface area (Å²) >= 11 is 0. The van der Waals surface area contributed by atoms with Crippen molar-refractivity contribution in [1.82, 2.24) is 20.3 Å². The van der Waals surface area contributed by atoms with Gasteiger partial charge in [0, 0.05) is 5.56 Å². The highest BCUT2D eigenvalue weighted by molar-refractivity contribution is 5.56. The van der Waals surface area contributed by atoms with E-state index in [-0.39, 0.29) is 5.95 Å². The zero-order chi connectivity index (χ0) is 14.5. The van der Waals surface area contributed by atoms with Crippen molar-refractivity contribution in [3.63, 3.8) is 0 Å². The average Bonchev–Trinajstić information content (AvgIpc) is 2.89. The first-order valence-electron chi connectivity index (χ1n) is 5.76. The quantitative estimate of drug-likeness (QED) is 0.762. The summed E-state index contributed by atoms with van der Waals surface area (Å²) in [5, 5.41) is 10.7. The van der Waals surface area contributed by atoms with Crippen LogP contribution < -0.4 is 25.4 Å². The fourth-order valence-electron chi connectivity index (χ4n) is 1.77. The summed E-state index contributed by atoms with van der Waals surface area (Å²) in [4.78, 5) is 1.27. The number of tetrazole rings is 1. The summed E-state index contributed by atoms with van der Waals surface area (Å²) in [6.07, 6.45) is 0. The normalized spacial score (nSPS) is 10.2. The van der Waals surface area contributed by atoms with E-state index in [1.54, 1.807) is 27.4 Å². The molecule has 9 nitrogen and oxygen atoms in total. The van der Waals surface area contributed by atoms with Crippen LogP contribution in [0.1, 0.15) is 5.56 Å². The number of methoxy groups -OCH3 is 3. The predicted molar refractivity (Wildman–Crippen MR) is 71.4 cm³/mol. The van der Waals surface area contributed by atoms with Crippen LogP contribution in [0.25, 0.3) is 0 Å². The molecule has 0 saturated heterocycles. The van der Waals surface area contributed by atoms with Crippen LogP contribution in [-0.2, 0) is 6.54 Å². The Morgan fingerprint density at radius 1 is 1.15 bits per heavy atom. The molecule has 2 rings (SSSR count). The van der Waals surface area contributed by atoms with Crippen molar-refractivity contribution < 1.29 is 14.2 Å². The fourth-order valence-corrected chi connectivity index (χ4v) is 1.77. The van der Waals surface area contributed by atoms with E-state index >= 15 is 0 Å². The van der Waals surface area contributed by atoms with Gasteiger partial charge in [0.1, 0.15) is 0 Å². The summed E-state index contributed by atoms with van der Waals surface area (Å²) < 4.78 is 15.9. The van der Waals surface area contributed by atoms with Crippen LogP contribution in [0, 0.1) is 0 Å². The van der Waals surface area contributed by atoms with Gasteiger partial charge in [0.15, 0.2) is 11.5 Å². The number of ether oxygens (including phenoxy) is 3. The van der Waals surface area contributed by atoms with Crippen molar-refractivity contribution in [1.29, 1.82) is 0 Å². The Bertz CT molecular complexity index is 586. The first-order chi connectivity index (χ1) is 9.71. The van der Waals surface area contributed by atoms with Crippen molar-refractivity contribution >= 4 is 5.95 Å². The number of anilines is 1. The van der Waals surface area contributed by atoms with Crippen LogP contribution in [0.15, 0.2) is 12.1 Å². The molecule has 0 amide bonds. The molecule has 1 aromatic heterocycles. The molecule has 0 fully saturated rings. The number of nitrogens with one attached hydrogen (secondary N) is 1. The molecule has 9 heteroatoms. The lowest BCUT2D eigenvalue weighted by atomic mass is 10.1. The summed E-state index contributed by atoms with van der Waals surface area (Å²) in [6.45, 7) is 0.402. The number of aromatic nitrogens is 4. The van der Waals surface area contributed by atoms with Crippen molar-refractivity contribution in [3.8, 4) is 17.2 Å². The standard InChI is InChI=1S/C11H16N6O3/c1-18-8-5-4-7(9(19-2)10(8)20-3)6-13-17-11(12)14-15-16-17/h4-5,13H,6H2,1-3H3,(H2,12,14,16). The van der Waals surface area contributed by atoms with Gasteiger partial charge in [-0.2, -0.15) is 0 Å². The second-order valence-electron chi connectivity index (χ2n) is 3.78. The molecule has 2 aromatic rings. The number of nitrogens with two attached hydrogens (primary N) is 1. The molecular weight excluding hydrogens is 264 g/mol. The third kappa shape index (κ3) is 2.51. The highest BCUT2D eigenvalue weighted by Crippen LogP contribution is 2.39. The van der Waals surface area contributed by atoms with Gasteiger partial charge in [0.2, 0.25) is 5.75 Å². The van der Waals surface area contributed by atoms with Gasteiger partial charge >= 0.3 is 0 Å². The minimum absolute atomic E-state index is 0.171. The maximum atomic E-state index is 5.57. The van der Waals surface area contributed by atoms with Gasteiger partial charge in [-0.05, 0) is 22.6 Å². The third-order valence-corrected chi connectivity index (χ3v) is 2.70. The van der Waals surface area contributed by atoms with Gasteiger partial charge in [-0.15, -0.1) is 4.79 Å². The van der Waals surface area contributed by atoms with Crippen LogP contribution in [0.4, 0.5) is 5.95 Å². The molecule has 1 heterocycles. The highest BCUT2D eigenvalue weighted by atomic mass is 16.5. The van der Waals surface area contributed by atoms with Crippen molar-refractivity contribution in [2.45, 2.75) is 6.54 Å². The second kappa shape index (κ2) is 5.95. The zero-order valence-electron chi connectivity index (χ0n) is 11.5. The number of rotatable bonds is 6. The summed E-state index contributed by atoms with van der Waals surface area (Å²) in [6, 6.07) is 3.65. The summed E-state index contributed by atoms with van der Waals surface area (Å²) in [7, 11) is 4.68. The molecule has 0 aliphatic carbocycles. The third-order valence-electron chi connectivity index (χ3n) is 2.70. The van der Waals surface area contributed by atoms with Gasteiger partial charge in [-0.1, -0.05) is 5.10 Å². The average molecular weight is 280 g/mol. The van der Waals surface area contributed by atoms with E-state index < -0.39 is 0 Å². The fraction of sp³-hybridized carbons (Fsp3) is 0.364. The van der Waals surface area contributed by atoms with E-state index in [9.17, 15) is 0 Å². The Morgan fingerprint density at radius 3 is 2.45 bits per heavy atom. The maximum absolute atomic E-state index is 5.57. The molecule has 0 aliphatic heterocycles. The van der Waals surface area contributed by atoms with Gasteiger partial charge in [-0.25, -0.2) is 0 Å². The summed E-state index contributed by atoms with van der Waals surface area (Å²) in [5.74, 6) is 1.87. The molecule has 0 unspecified atom stereocenters. The molecule has 1 aromatic carbocycles. The van der Waals surface area contributed by atoms with E-state index in [0.29, 0.717) is 23.8 Å². The predicted octanol–water partition coefficient (Wildman–Crippen LogP) is 0.0248. The molecule has 0 bridgehead atoms. The number of nitrogen functional groups attached to an aromatic ring is 1. The molecule has 0 radical (unpaired) electrons. The maximum Gasteiger partial charge on any atom is 0.260 e. The first-order valence-corrected chi connectivity index (χ1v) is 5.76. The smallest absolute Gasteiger partial charge is 0.260 e. The minimum atomic E-state index is 0.171. The number of benzene rings is 1. The van der Waals surface area contributed by atoms with Gasteiger partial charge in [0.25, 0.3) is 5.95 Å². The van der Waals surface area contributed by atoms with Gasteiger partial charge in [-0.3, -0.25) is 0 Å². The molecule has 0 spiro atoms. The van der Waals surface area contributed by atoms with Gasteiger partial charge < -0.3 is 25.4 Å². The van der Waals surface area contributed by atoms with Crippen molar-refractivity contribution in [2.24, 2.45) is 0 Å². The van der Waals surface area contributed by atoms with Crippen LogP contribution >= 0.6 is 0 Å². The molecular formula is C11H16N6O3. The Kier molecular flexibility index (Phi) is 4.08. The molecule has 3 N–H and O–H groups in total. The van der Waals surface area contributed by atoms with E-state index in [2.05, 4.69) is 21.0 Å². The lowest BCUT2D eigenvalue weighted by Gasteiger charge is -2.16. The van der Waals surface area contributed by atoms with Gasteiger partial charge in [0.05, 0.1) is 27.9 Å². The Labute approximate surface area is 115 Å². The lowest BCUT2D eigenvalue weighted by Crippen LogP contribution is -2.18. The molecule has 108 valence electrons. The van der Waals surface area contributed by atoms with E-state index in [1.807, 2.05) is 6.07 Å². The second-order valence-corrected chi connectivity index (χ2v) is 3.78. The van der Waals surface area contributed by atoms with Crippen LogP contribution in [-0.4, -0.2) is 41.6 Å². The molecule has 20 heavy (non-hydrogen) atoms. The van der Waals surface area contributed by atoms with Crippen molar-refractivity contribution in [3.05, 3.63) is 17.7 Å². The van der Waals surface area contributed by atoms with E-state index in [1.165, 1.54) is 4.79 Å². The van der Waals surface area contributed by atoms with Crippen molar-refractivity contribution in [2.75, 3.05) is 32.5 Å². The highest BCUT2D eigenvalue weighted by Gasteiger charge is 2.15. The number of nitrogens with zero attached hydrogens (tertiary/aromatic N) is 4.